The normalized spacial score (nSPS) is 15.8. The number of benzene rings is 2. The summed E-state index contributed by atoms with van der Waals surface area (Å²) in [6, 6.07) is 16.9. The van der Waals surface area contributed by atoms with Crippen molar-refractivity contribution in [3.63, 3.8) is 0 Å². The maximum atomic E-state index is 4.69. The summed E-state index contributed by atoms with van der Waals surface area (Å²) in [5, 5.41) is 0. The van der Waals surface area contributed by atoms with Gasteiger partial charge in [-0.3, -0.25) is 4.90 Å². The first-order valence-electron chi connectivity index (χ1n) is 7.65. The number of hydrogen-bond acceptors (Lipinski definition) is 2. The van der Waals surface area contributed by atoms with Gasteiger partial charge in [-0.25, -0.2) is 4.98 Å². The molecule has 1 N–H and O–H groups in total. The molecular formula is C18H19N3. The summed E-state index contributed by atoms with van der Waals surface area (Å²) < 4.78 is 0. The van der Waals surface area contributed by atoms with Crippen LogP contribution >= 0.6 is 0 Å². The molecule has 2 aromatic carbocycles. The van der Waals surface area contributed by atoms with E-state index in [9.17, 15) is 0 Å². The number of aromatic amines is 1. The minimum Gasteiger partial charge on any atom is -0.338 e. The highest BCUT2D eigenvalue weighted by molar-refractivity contribution is 5.79. The molecule has 106 valence electrons. The van der Waals surface area contributed by atoms with Crippen LogP contribution in [0.5, 0.6) is 0 Å². The molecule has 0 saturated carbocycles. The Kier molecular flexibility index (Phi) is 3.20. The Bertz CT molecular complexity index is 721. The molecule has 0 aliphatic carbocycles. The van der Waals surface area contributed by atoms with E-state index >= 15 is 0 Å². The van der Waals surface area contributed by atoms with E-state index < -0.39 is 0 Å². The SMILES string of the molecule is c1cc(CN2CCCC2)cc(-c2nc3ccccc3[nH]2)c1. The molecule has 4 rings (SSSR count). The van der Waals surface area contributed by atoms with Crippen molar-refractivity contribution in [2.24, 2.45) is 0 Å². The van der Waals surface area contributed by atoms with Crippen molar-refractivity contribution < 1.29 is 0 Å². The molecule has 1 aromatic heterocycles. The molecule has 0 unspecified atom stereocenters. The second kappa shape index (κ2) is 5.34. The summed E-state index contributed by atoms with van der Waals surface area (Å²) in [6.07, 6.45) is 2.67. The Balaban J connectivity index is 1.64. The zero-order valence-electron chi connectivity index (χ0n) is 12.0. The van der Waals surface area contributed by atoms with Crippen molar-refractivity contribution in [3.8, 4) is 11.4 Å². The fourth-order valence-corrected chi connectivity index (χ4v) is 3.11. The lowest BCUT2D eigenvalue weighted by molar-refractivity contribution is 0.331. The van der Waals surface area contributed by atoms with Gasteiger partial charge in [0.15, 0.2) is 0 Å². The van der Waals surface area contributed by atoms with Gasteiger partial charge in [0.2, 0.25) is 0 Å². The summed E-state index contributed by atoms with van der Waals surface area (Å²) in [7, 11) is 0. The predicted molar refractivity (Wildman–Crippen MR) is 86.0 cm³/mol. The molecule has 1 saturated heterocycles. The largest absolute Gasteiger partial charge is 0.338 e. The van der Waals surface area contributed by atoms with Gasteiger partial charge in [0.1, 0.15) is 5.82 Å². The van der Waals surface area contributed by atoms with Gasteiger partial charge in [-0.15, -0.1) is 0 Å². The van der Waals surface area contributed by atoms with Crippen molar-refractivity contribution in [2.75, 3.05) is 13.1 Å². The molecular weight excluding hydrogens is 258 g/mol. The number of para-hydroxylation sites is 2. The fourth-order valence-electron chi connectivity index (χ4n) is 3.11. The van der Waals surface area contributed by atoms with Crippen LogP contribution in [0.3, 0.4) is 0 Å². The quantitative estimate of drug-likeness (QED) is 0.789. The topological polar surface area (TPSA) is 31.9 Å². The second-order valence-corrected chi connectivity index (χ2v) is 5.79. The number of aromatic nitrogens is 2. The number of fused-ring (bicyclic) bond motifs is 1. The molecule has 1 fully saturated rings. The van der Waals surface area contributed by atoms with Crippen molar-refractivity contribution in [3.05, 3.63) is 54.1 Å². The molecule has 1 aliphatic heterocycles. The van der Waals surface area contributed by atoms with Gasteiger partial charge in [0.05, 0.1) is 11.0 Å². The lowest BCUT2D eigenvalue weighted by atomic mass is 10.1. The smallest absolute Gasteiger partial charge is 0.138 e. The summed E-state index contributed by atoms with van der Waals surface area (Å²) in [5.41, 5.74) is 4.66. The monoisotopic (exact) mass is 277 g/mol. The third kappa shape index (κ3) is 2.57. The first kappa shape index (κ1) is 12.6. The third-order valence-electron chi connectivity index (χ3n) is 4.19. The number of imidazole rings is 1. The minimum atomic E-state index is 0.958. The molecule has 3 nitrogen and oxygen atoms in total. The number of likely N-dealkylation sites (tertiary alicyclic amines) is 1. The maximum Gasteiger partial charge on any atom is 0.138 e. The van der Waals surface area contributed by atoms with E-state index in [1.807, 2.05) is 18.2 Å². The minimum absolute atomic E-state index is 0.958. The van der Waals surface area contributed by atoms with Gasteiger partial charge in [-0.1, -0.05) is 30.3 Å². The van der Waals surface area contributed by atoms with Crippen molar-refractivity contribution >= 4 is 11.0 Å². The van der Waals surface area contributed by atoms with Gasteiger partial charge >= 0.3 is 0 Å². The van der Waals surface area contributed by atoms with Crippen LogP contribution in [0.1, 0.15) is 18.4 Å². The average Bonchev–Trinajstić information content (AvgIpc) is 3.16. The maximum absolute atomic E-state index is 4.69. The van der Waals surface area contributed by atoms with Gasteiger partial charge in [0.25, 0.3) is 0 Å². The summed E-state index contributed by atoms with van der Waals surface area (Å²) in [6.45, 7) is 3.51. The van der Waals surface area contributed by atoms with Crippen molar-refractivity contribution in [1.29, 1.82) is 0 Å². The molecule has 1 aliphatic rings. The Morgan fingerprint density at radius 2 is 1.86 bits per heavy atom. The van der Waals surface area contributed by atoms with E-state index in [1.165, 1.54) is 37.1 Å². The molecule has 3 aromatic rings. The molecule has 0 atom stereocenters. The molecule has 0 amide bonds. The predicted octanol–water partition coefficient (Wildman–Crippen LogP) is 3.83. The van der Waals surface area contributed by atoms with E-state index in [1.54, 1.807) is 0 Å². The summed E-state index contributed by atoms with van der Waals surface area (Å²) in [5.74, 6) is 0.958. The van der Waals surface area contributed by atoms with E-state index in [0.29, 0.717) is 0 Å². The molecule has 3 heteroatoms. The summed E-state index contributed by atoms with van der Waals surface area (Å²) >= 11 is 0. The van der Waals surface area contributed by atoms with E-state index in [0.717, 1.165) is 23.4 Å². The fraction of sp³-hybridized carbons (Fsp3) is 0.278. The van der Waals surface area contributed by atoms with Crippen LogP contribution in [0.2, 0.25) is 0 Å². The van der Waals surface area contributed by atoms with Gasteiger partial charge in [-0.05, 0) is 49.7 Å². The molecule has 0 radical (unpaired) electrons. The first-order chi connectivity index (χ1) is 10.4. The average molecular weight is 277 g/mol. The molecule has 0 spiro atoms. The van der Waals surface area contributed by atoms with E-state index in [2.05, 4.69) is 45.2 Å². The van der Waals surface area contributed by atoms with Crippen molar-refractivity contribution in [2.45, 2.75) is 19.4 Å². The van der Waals surface area contributed by atoms with Crippen LogP contribution in [0.4, 0.5) is 0 Å². The van der Waals surface area contributed by atoms with Crippen LogP contribution in [-0.4, -0.2) is 28.0 Å². The van der Waals surface area contributed by atoms with Crippen LogP contribution in [0, 0.1) is 0 Å². The Hall–Kier alpha value is -2.13. The lowest BCUT2D eigenvalue weighted by Crippen LogP contribution is -2.18. The zero-order valence-corrected chi connectivity index (χ0v) is 12.0. The standard InChI is InChI=1S/C18H19N3/c1-2-9-17-16(8-1)19-18(20-17)15-7-5-6-14(12-15)13-21-10-3-4-11-21/h1-2,5-9,12H,3-4,10-11,13H2,(H,19,20). The van der Waals surface area contributed by atoms with Crippen molar-refractivity contribution in [1.82, 2.24) is 14.9 Å². The van der Waals surface area contributed by atoms with Gasteiger partial charge in [0, 0.05) is 12.1 Å². The number of hydrogen-bond donors (Lipinski definition) is 1. The molecule has 21 heavy (non-hydrogen) atoms. The molecule has 0 bridgehead atoms. The van der Waals surface area contributed by atoms with Gasteiger partial charge in [-0.2, -0.15) is 0 Å². The number of nitrogens with zero attached hydrogens (tertiary/aromatic N) is 2. The van der Waals surface area contributed by atoms with Crippen LogP contribution in [0.25, 0.3) is 22.4 Å². The molecule has 2 heterocycles. The Labute approximate surface area is 124 Å². The zero-order chi connectivity index (χ0) is 14.1. The number of rotatable bonds is 3. The first-order valence-corrected chi connectivity index (χ1v) is 7.65. The Morgan fingerprint density at radius 1 is 1.00 bits per heavy atom. The third-order valence-corrected chi connectivity index (χ3v) is 4.19. The van der Waals surface area contributed by atoms with E-state index in [4.69, 9.17) is 0 Å². The number of nitrogens with one attached hydrogen (secondary N) is 1. The Morgan fingerprint density at radius 3 is 2.71 bits per heavy atom. The van der Waals surface area contributed by atoms with Crippen LogP contribution in [0.15, 0.2) is 48.5 Å². The highest BCUT2D eigenvalue weighted by Gasteiger charge is 2.12. The highest BCUT2D eigenvalue weighted by Crippen LogP contribution is 2.22. The summed E-state index contributed by atoms with van der Waals surface area (Å²) in [4.78, 5) is 10.6. The highest BCUT2D eigenvalue weighted by atomic mass is 15.1. The van der Waals surface area contributed by atoms with Crippen LogP contribution < -0.4 is 0 Å². The van der Waals surface area contributed by atoms with Gasteiger partial charge < -0.3 is 4.98 Å². The van der Waals surface area contributed by atoms with E-state index in [-0.39, 0.29) is 0 Å². The second-order valence-electron chi connectivity index (χ2n) is 5.79. The van der Waals surface area contributed by atoms with Crippen LogP contribution in [-0.2, 0) is 6.54 Å². The number of H-pyrrole nitrogens is 1. The lowest BCUT2D eigenvalue weighted by Gasteiger charge is -2.14.